The van der Waals surface area contributed by atoms with Crippen LogP contribution in [0.15, 0.2) is 71.5 Å². The number of pyridine rings is 1. The maximum absolute atomic E-state index is 12.6. The minimum atomic E-state index is -0.316. The van der Waals surface area contributed by atoms with Crippen LogP contribution in [0.1, 0.15) is 19.4 Å². The predicted molar refractivity (Wildman–Crippen MR) is 131 cm³/mol. The van der Waals surface area contributed by atoms with Crippen LogP contribution in [0, 0.1) is 0 Å². The van der Waals surface area contributed by atoms with Crippen molar-refractivity contribution in [3.63, 3.8) is 0 Å². The Balaban J connectivity index is 1.69. The van der Waals surface area contributed by atoms with E-state index < -0.39 is 0 Å². The Morgan fingerprint density at radius 3 is 2.70 bits per heavy atom. The molecule has 0 atom stereocenters. The third-order valence-electron chi connectivity index (χ3n) is 5.16. The molecule has 2 heterocycles. The molecule has 0 bridgehead atoms. The summed E-state index contributed by atoms with van der Waals surface area (Å²) in [7, 11) is 1.59. The Kier molecular flexibility index (Phi) is 6.66. The van der Waals surface area contributed by atoms with Gasteiger partial charge < -0.3 is 19.2 Å². The number of hydrogen-bond acceptors (Lipinski definition) is 5. The van der Waals surface area contributed by atoms with E-state index in [1.54, 1.807) is 31.7 Å². The monoisotopic (exact) mass is 462 g/mol. The fraction of sp³-hybridized carbons (Fsp3) is 0.154. The number of nitrogens with zero attached hydrogens (tertiary/aromatic N) is 1. The smallest absolute Gasteiger partial charge is 0.248 e. The van der Waals surface area contributed by atoms with Crippen LogP contribution in [-0.4, -0.2) is 24.6 Å². The summed E-state index contributed by atoms with van der Waals surface area (Å²) < 4.78 is 16.9. The molecular weight excluding hydrogens is 440 g/mol. The maximum atomic E-state index is 12.6. The van der Waals surface area contributed by atoms with Crippen molar-refractivity contribution in [2.45, 2.75) is 13.8 Å². The van der Waals surface area contributed by atoms with Crippen LogP contribution in [0.5, 0.6) is 11.5 Å². The van der Waals surface area contributed by atoms with E-state index in [4.69, 9.17) is 25.5 Å². The van der Waals surface area contributed by atoms with Crippen LogP contribution in [0.25, 0.3) is 27.7 Å². The molecule has 0 saturated heterocycles. The van der Waals surface area contributed by atoms with Gasteiger partial charge in [0.25, 0.3) is 0 Å². The number of allylic oxidation sites excluding steroid dienone is 1. The first-order valence-electron chi connectivity index (χ1n) is 10.4. The van der Waals surface area contributed by atoms with Gasteiger partial charge in [0, 0.05) is 34.9 Å². The molecule has 1 amide bonds. The number of methoxy groups -OCH3 is 1. The van der Waals surface area contributed by atoms with Gasteiger partial charge in [-0.3, -0.25) is 4.79 Å². The molecule has 0 saturated carbocycles. The van der Waals surface area contributed by atoms with E-state index in [1.165, 1.54) is 6.08 Å². The Hall–Kier alpha value is -3.77. The zero-order valence-corrected chi connectivity index (χ0v) is 19.3. The Labute approximate surface area is 196 Å². The normalized spacial score (nSPS) is 11.5. The molecule has 0 spiro atoms. The van der Waals surface area contributed by atoms with E-state index in [0.717, 1.165) is 33.4 Å². The van der Waals surface area contributed by atoms with Gasteiger partial charge in [-0.25, -0.2) is 4.98 Å². The van der Waals surface area contributed by atoms with E-state index in [1.807, 2.05) is 50.2 Å². The van der Waals surface area contributed by atoms with Gasteiger partial charge in [-0.1, -0.05) is 23.7 Å². The topological polar surface area (TPSA) is 73.6 Å². The molecule has 0 aliphatic carbocycles. The number of fused-ring (bicyclic) bond motifs is 1. The van der Waals surface area contributed by atoms with Crippen LogP contribution < -0.4 is 14.8 Å². The van der Waals surface area contributed by atoms with Crippen molar-refractivity contribution in [1.29, 1.82) is 0 Å². The van der Waals surface area contributed by atoms with E-state index in [9.17, 15) is 4.79 Å². The fourth-order valence-corrected chi connectivity index (χ4v) is 3.74. The van der Waals surface area contributed by atoms with Crippen molar-refractivity contribution in [3.05, 3.63) is 77.8 Å². The first-order valence-corrected chi connectivity index (χ1v) is 10.8. The molecule has 2 aromatic carbocycles. The molecule has 0 aliphatic heterocycles. The number of amides is 1. The molecule has 4 rings (SSSR count). The number of ether oxygens (including phenoxy) is 2. The standard InChI is InChI=1S/C26H23ClN2O4/c1-4-32-18-9-7-17(8-10-18)21-15-33-24-14-23(31-3)19(13-20(21)24)16(2)12-25(30)29-22-6-5-11-28-26(22)27/h5-15H,4H2,1-3H3,(H,29,30)/b16-12+. The van der Waals surface area contributed by atoms with Crippen LogP contribution in [0.3, 0.4) is 0 Å². The average Bonchev–Trinajstić information content (AvgIpc) is 3.23. The second-order valence-electron chi connectivity index (χ2n) is 7.31. The molecule has 33 heavy (non-hydrogen) atoms. The highest BCUT2D eigenvalue weighted by atomic mass is 35.5. The van der Waals surface area contributed by atoms with Gasteiger partial charge in [-0.05, 0) is 55.3 Å². The number of rotatable bonds is 7. The van der Waals surface area contributed by atoms with Crippen molar-refractivity contribution in [3.8, 4) is 22.6 Å². The number of carbonyl (C=O) groups is 1. The number of halogens is 1. The number of aromatic nitrogens is 1. The van der Waals surface area contributed by atoms with E-state index >= 15 is 0 Å². The fourth-order valence-electron chi connectivity index (χ4n) is 3.58. The lowest BCUT2D eigenvalue weighted by Crippen LogP contribution is -2.09. The first kappa shape index (κ1) is 22.4. The van der Waals surface area contributed by atoms with Gasteiger partial charge >= 0.3 is 0 Å². The third-order valence-corrected chi connectivity index (χ3v) is 5.46. The lowest BCUT2D eigenvalue weighted by Gasteiger charge is -2.10. The second kappa shape index (κ2) is 9.79. The molecule has 2 aromatic heterocycles. The SMILES string of the molecule is CCOc1ccc(-c2coc3cc(OC)c(/C(C)=C/C(=O)Nc4cccnc4Cl)cc23)cc1. The van der Waals surface area contributed by atoms with Crippen LogP contribution in [0.2, 0.25) is 5.15 Å². The number of anilines is 1. The molecule has 4 aromatic rings. The Morgan fingerprint density at radius 2 is 2.00 bits per heavy atom. The molecular formula is C26H23ClN2O4. The van der Waals surface area contributed by atoms with E-state index in [2.05, 4.69) is 10.3 Å². The van der Waals surface area contributed by atoms with Crippen molar-refractivity contribution in [2.24, 2.45) is 0 Å². The zero-order chi connectivity index (χ0) is 23.4. The summed E-state index contributed by atoms with van der Waals surface area (Å²) in [4.78, 5) is 16.6. The number of hydrogen-bond donors (Lipinski definition) is 1. The first-order chi connectivity index (χ1) is 16.0. The zero-order valence-electron chi connectivity index (χ0n) is 18.5. The minimum absolute atomic E-state index is 0.231. The summed E-state index contributed by atoms with van der Waals surface area (Å²) in [6.45, 7) is 4.42. The second-order valence-corrected chi connectivity index (χ2v) is 7.67. The summed E-state index contributed by atoms with van der Waals surface area (Å²) in [5.41, 5.74) is 4.59. The number of benzene rings is 2. The minimum Gasteiger partial charge on any atom is -0.496 e. The third kappa shape index (κ3) is 4.86. The van der Waals surface area contributed by atoms with Gasteiger partial charge in [-0.15, -0.1) is 0 Å². The highest BCUT2D eigenvalue weighted by Crippen LogP contribution is 2.37. The molecule has 0 aliphatic rings. The van der Waals surface area contributed by atoms with Crippen molar-refractivity contribution in [1.82, 2.24) is 4.98 Å². The van der Waals surface area contributed by atoms with Gasteiger partial charge in [0.1, 0.15) is 17.1 Å². The highest BCUT2D eigenvalue weighted by Gasteiger charge is 2.15. The molecule has 0 fully saturated rings. The quantitative estimate of drug-likeness (QED) is 0.247. The van der Waals surface area contributed by atoms with Crippen LogP contribution >= 0.6 is 11.6 Å². The van der Waals surface area contributed by atoms with Gasteiger partial charge in [0.05, 0.1) is 25.7 Å². The summed E-state index contributed by atoms with van der Waals surface area (Å²) in [5, 5.41) is 3.90. The van der Waals surface area contributed by atoms with Crippen molar-refractivity contribution < 1.29 is 18.7 Å². The highest BCUT2D eigenvalue weighted by molar-refractivity contribution is 6.32. The van der Waals surface area contributed by atoms with Crippen LogP contribution in [-0.2, 0) is 4.79 Å². The summed E-state index contributed by atoms with van der Waals surface area (Å²) in [6.07, 6.45) is 4.79. The Morgan fingerprint density at radius 1 is 1.21 bits per heavy atom. The number of carbonyl (C=O) groups excluding carboxylic acids is 1. The van der Waals surface area contributed by atoms with Crippen LogP contribution in [0.4, 0.5) is 5.69 Å². The predicted octanol–water partition coefficient (Wildman–Crippen LogP) is 6.60. The van der Waals surface area contributed by atoms with E-state index in [0.29, 0.717) is 23.6 Å². The van der Waals surface area contributed by atoms with Gasteiger partial charge in [-0.2, -0.15) is 0 Å². The largest absolute Gasteiger partial charge is 0.496 e. The number of furan rings is 1. The van der Waals surface area contributed by atoms with Crippen molar-refractivity contribution >= 4 is 39.7 Å². The van der Waals surface area contributed by atoms with Gasteiger partial charge in [0.15, 0.2) is 5.15 Å². The molecule has 6 nitrogen and oxygen atoms in total. The molecule has 1 N–H and O–H groups in total. The molecule has 168 valence electrons. The summed E-state index contributed by atoms with van der Waals surface area (Å²) >= 11 is 6.04. The summed E-state index contributed by atoms with van der Waals surface area (Å²) in [6, 6.07) is 15.0. The lowest BCUT2D eigenvalue weighted by atomic mass is 9.99. The Bertz CT molecular complexity index is 1330. The lowest BCUT2D eigenvalue weighted by molar-refractivity contribution is -0.111. The molecule has 7 heteroatoms. The van der Waals surface area contributed by atoms with Crippen molar-refractivity contribution in [2.75, 3.05) is 19.0 Å². The molecule has 0 unspecified atom stereocenters. The average molecular weight is 463 g/mol. The maximum Gasteiger partial charge on any atom is 0.248 e. The van der Waals surface area contributed by atoms with Gasteiger partial charge in [0.2, 0.25) is 5.91 Å². The number of nitrogens with one attached hydrogen (secondary N) is 1. The molecule has 0 radical (unpaired) electrons. The summed E-state index contributed by atoms with van der Waals surface area (Å²) in [5.74, 6) is 1.11. The van der Waals surface area contributed by atoms with E-state index in [-0.39, 0.29) is 11.1 Å².